The first kappa shape index (κ1) is 15.7. The third-order valence-corrected chi connectivity index (χ3v) is 3.84. The number of amides is 2. The van der Waals surface area contributed by atoms with Gasteiger partial charge in [-0.05, 0) is 37.0 Å². The van der Waals surface area contributed by atoms with Gasteiger partial charge in [-0.1, -0.05) is 12.1 Å². The van der Waals surface area contributed by atoms with Crippen molar-refractivity contribution in [3.8, 4) is 0 Å². The Morgan fingerprint density at radius 1 is 1.38 bits per heavy atom. The van der Waals surface area contributed by atoms with Crippen LogP contribution in [-0.4, -0.2) is 36.9 Å². The standard InChI is InChI=1S/C15H21FN2O3/c1-21-13(11-3-5-12(16)6-4-11)9-17-14(19)18-10-15(20)7-2-8-15/h3-6,13,20H,2,7-10H2,1H3,(H2,17,18,19). The summed E-state index contributed by atoms with van der Waals surface area (Å²) in [5.41, 5.74) is 0.0476. The number of benzene rings is 1. The van der Waals surface area contributed by atoms with Gasteiger partial charge in [-0.15, -0.1) is 0 Å². The second kappa shape index (κ2) is 6.87. The normalized spacial score (nSPS) is 17.7. The third kappa shape index (κ3) is 4.41. The molecule has 0 bridgehead atoms. The molecule has 1 saturated carbocycles. The fraction of sp³-hybridized carbons (Fsp3) is 0.533. The number of carbonyl (C=O) groups is 1. The summed E-state index contributed by atoms with van der Waals surface area (Å²) in [7, 11) is 1.53. The van der Waals surface area contributed by atoms with E-state index in [9.17, 15) is 14.3 Å². The molecule has 1 aromatic rings. The van der Waals surface area contributed by atoms with E-state index in [1.54, 1.807) is 12.1 Å². The second-order valence-electron chi connectivity index (χ2n) is 5.42. The molecule has 0 saturated heterocycles. The molecule has 2 amide bonds. The Kier molecular flexibility index (Phi) is 5.14. The molecule has 1 atom stereocenters. The van der Waals surface area contributed by atoms with Crippen LogP contribution in [0, 0.1) is 5.82 Å². The van der Waals surface area contributed by atoms with E-state index in [1.165, 1.54) is 19.2 Å². The Morgan fingerprint density at radius 2 is 2.05 bits per heavy atom. The van der Waals surface area contributed by atoms with Crippen molar-refractivity contribution < 1.29 is 19.0 Å². The number of carbonyl (C=O) groups excluding carboxylic acids is 1. The number of aliphatic hydroxyl groups is 1. The largest absolute Gasteiger partial charge is 0.388 e. The minimum absolute atomic E-state index is 0.257. The van der Waals surface area contributed by atoms with E-state index in [4.69, 9.17) is 4.74 Å². The summed E-state index contributed by atoms with van der Waals surface area (Å²) < 4.78 is 18.2. The molecule has 0 aliphatic heterocycles. The van der Waals surface area contributed by atoms with E-state index in [0.29, 0.717) is 0 Å². The van der Waals surface area contributed by atoms with Gasteiger partial charge in [-0.25, -0.2) is 9.18 Å². The lowest BCUT2D eigenvalue weighted by Crippen LogP contribution is -2.50. The highest BCUT2D eigenvalue weighted by Gasteiger charge is 2.34. The van der Waals surface area contributed by atoms with Gasteiger partial charge in [0.25, 0.3) is 0 Å². The quantitative estimate of drug-likeness (QED) is 0.748. The average molecular weight is 296 g/mol. The Bertz CT molecular complexity index is 474. The van der Waals surface area contributed by atoms with Crippen LogP contribution >= 0.6 is 0 Å². The topological polar surface area (TPSA) is 70.6 Å². The van der Waals surface area contributed by atoms with Gasteiger partial charge >= 0.3 is 6.03 Å². The van der Waals surface area contributed by atoms with Gasteiger partial charge in [0.1, 0.15) is 5.82 Å². The van der Waals surface area contributed by atoms with E-state index in [2.05, 4.69) is 10.6 Å². The monoisotopic (exact) mass is 296 g/mol. The molecule has 116 valence electrons. The zero-order chi connectivity index (χ0) is 15.3. The molecule has 1 unspecified atom stereocenters. The number of hydrogen-bond donors (Lipinski definition) is 3. The molecule has 1 fully saturated rings. The van der Waals surface area contributed by atoms with Gasteiger partial charge in [0.05, 0.1) is 11.7 Å². The summed E-state index contributed by atoms with van der Waals surface area (Å²) in [6, 6.07) is 5.61. The van der Waals surface area contributed by atoms with Gasteiger partial charge < -0.3 is 20.5 Å². The third-order valence-electron chi connectivity index (χ3n) is 3.84. The maximum Gasteiger partial charge on any atom is 0.314 e. The minimum atomic E-state index is -0.741. The highest BCUT2D eigenvalue weighted by atomic mass is 19.1. The van der Waals surface area contributed by atoms with Crippen molar-refractivity contribution in [3.05, 3.63) is 35.6 Å². The molecule has 0 radical (unpaired) electrons. The fourth-order valence-corrected chi connectivity index (χ4v) is 2.27. The highest BCUT2D eigenvalue weighted by molar-refractivity contribution is 5.73. The molecule has 0 spiro atoms. The summed E-state index contributed by atoms with van der Waals surface area (Å²) in [6.45, 7) is 0.527. The number of ether oxygens (including phenoxy) is 1. The maximum absolute atomic E-state index is 12.9. The number of halogens is 1. The molecular formula is C15H21FN2O3. The van der Waals surface area contributed by atoms with Crippen LogP contribution < -0.4 is 10.6 Å². The Balaban J connectivity index is 1.77. The smallest absolute Gasteiger partial charge is 0.314 e. The highest BCUT2D eigenvalue weighted by Crippen LogP contribution is 2.30. The van der Waals surface area contributed by atoms with Crippen LogP contribution in [0.25, 0.3) is 0 Å². The predicted octanol–water partition coefficient (Wildman–Crippen LogP) is 1.73. The summed E-state index contributed by atoms with van der Waals surface area (Å²) >= 11 is 0. The number of nitrogens with one attached hydrogen (secondary N) is 2. The number of urea groups is 1. The van der Waals surface area contributed by atoms with Gasteiger partial charge in [0, 0.05) is 20.2 Å². The van der Waals surface area contributed by atoms with Crippen LogP contribution in [0.4, 0.5) is 9.18 Å². The zero-order valence-corrected chi connectivity index (χ0v) is 12.1. The van der Waals surface area contributed by atoms with Gasteiger partial charge in [-0.2, -0.15) is 0 Å². The molecule has 1 aliphatic carbocycles. The van der Waals surface area contributed by atoms with Gasteiger partial charge in [0.2, 0.25) is 0 Å². The zero-order valence-electron chi connectivity index (χ0n) is 12.1. The molecule has 6 heteroatoms. The first-order valence-electron chi connectivity index (χ1n) is 7.05. The van der Waals surface area contributed by atoms with E-state index >= 15 is 0 Å². The van der Waals surface area contributed by atoms with Crippen molar-refractivity contribution in [1.82, 2.24) is 10.6 Å². The van der Waals surface area contributed by atoms with Crippen molar-refractivity contribution in [2.75, 3.05) is 20.2 Å². The summed E-state index contributed by atoms with van der Waals surface area (Å²) in [5, 5.41) is 15.2. The second-order valence-corrected chi connectivity index (χ2v) is 5.42. The number of methoxy groups -OCH3 is 1. The Labute approximate surface area is 123 Å². The van der Waals surface area contributed by atoms with Crippen molar-refractivity contribution in [1.29, 1.82) is 0 Å². The van der Waals surface area contributed by atoms with E-state index < -0.39 is 5.60 Å². The van der Waals surface area contributed by atoms with Crippen LogP contribution in [0.15, 0.2) is 24.3 Å². The molecule has 0 heterocycles. The van der Waals surface area contributed by atoms with Gasteiger partial charge in [-0.3, -0.25) is 0 Å². The van der Waals surface area contributed by atoms with Crippen LogP contribution in [0.2, 0.25) is 0 Å². The molecule has 21 heavy (non-hydrogen) atoms. The predicted molar refractivity (Wildman–Crippen MR) is 76.4 cm³/mol. The van der Waals surface area contributed by atoms with Crippen LogP contribution in [-0.2, 0) is 4.74 Å². The van der Waals surface area contributed by atoms with Gasteiger partial charge in [0.15, 0.2) is 0 Å². The first-order chi connectivity index (χ1) is 10.0. The average Bonchev–Trinajstić information content (AvgIpc) is 2.45. The molecule has 2 rings (SSSR count). The molecule has 5 nitrogen and oxygen atoms in total. The summed E-state index contributed by atoms with van der Waals surface area (Å²) in [5.74, 6) is -0.312. The Hall–Kier alpha value is -1.66. The van der Waals surface area contributed by atoms with Crippen LogP contribution in [0.1, 0.15) is 30.9 Å². The molecule has 3 N–H and O–H groups in total. The lowest BCUT2D eigenvalue weighted by atomic mass is 9.80. The summed E-state index contributed by atoms with van der Waals surface area (Å²) in [6.07, 6.45) is 2.10. The Morgan fingerprint density at radius 3 is 2.57 bits per heavy atom. The van der Waals surface area contributed by atoms with E-state index in [-0.39, 0.29) is 31.0 Å². The molecular weight excluding hydrogens is 275 g/mol. The number of rotatable bonds is 6. The summed E-state index contributed by atoms with van der Waals surface area (Å²) in [4.78, 5) is 11.7. The number of hydrogen-bond acceptors (Lipinski definition) is 3. The fourth-order valence-electron chi connectivity index (χ4n) is 2.27. The lowest BCUT2D eigenvalue weighted by Gasteiger charge is -2.36. The van der Waals surface area contributed by atoms with Crippen molar-refractivity contribution in [2.45, 2.75) is 31.0 Å². The molecule has 1 aromatic carbocycles. The molecule has 0 aromatic heterocycles. The lowest BCUT2D eigenvalue weighted by molar-refractivity contribution is -0.0290. The maximum atomic E-state index is 12.9. The SMILES string of the molecule is COC(CNC(=O)NCC1(O)CCC1)c1ccc(F)cc1. The van der Waals surface area contributed by atoms with Crippen LogP contribution in [0.3, 0.4) is 0 Å². The van der Waals surface area contributed by atoms with Crippen molar-refractivity contribution in [2.24, 2.45) is 0 Å². The van der Waals surface area contributed by atoms with Crippen molar-refractivity contribution >= 4 is 6.03 Å². The first-order valence-corrected chi connectivity index (χ1v) is 7.05. The van der Waals surface area contributed by atoms with Crippen LogP contribution in [0.5, 0.6) is 0 Å². The van der Waals surface area contributed by atoms with E-state index in [0.717, 1.165) is 24.8 Å². The minimum Gasteiger partial charge on any atom is -0.388 e. The molecule has 1 aliphatic rings. The van der Waals surface area contributed by atoms with Crippen molar-refractivity contribution in [3.63, 3.8) is 0 Å². The van der Waals surface area contributed by atoms with E-state index in [1.807, 2.05) is 0 Å².